The Bertz CT molecular complexity index is 249. The molecule has 2 rings (SSSR count). The van der Waals surface area contributed by atoms with E-state index in [0.29, 0.717) is 6.42 Å². The monoisotopic (exact) mass is 170 g/mol. The maximum atomic E-state index is 11.1. The molecule has 0 aromatic heterocycles. The van der Waals surface area contributed by atoms with E-state index in [1.165, 1.54) is 0 Å². The molecule has 1 N–H and O–H groups in total. The fourth-order valence-electron chi connectivity index (χ4n) is 1.67. The standard InChI is InChI=1S/C7H10N2OS/c1-7(2)6(11)8-4-3-5(10)9(4)7/h4H,3H2,1-2H3,(H,8,11). The number of nitrogens with zero attached hydrogens (tertiary/aromatic N) is 1. The molecule has 0 radical (unpaired) electrons. The molecule has 0 spiro atoms. The van der Waals surface area contributed by atoms with Crippen LogP contribution in [0, 0.1) is 0 Å². The fraction of sp³-hybridized carbons (Fsp3) is 0.714. The number of thiocarbonyl (C=S) groups is 1. The Kier molecular flexibility index (Phi) is 1.12. The Hall–Kier alpha value is -0.640. The van der Waals surface area contributed by atoms with E-state index in [4.69, 9.17) is 12.2 Å². The molecular formula is C7H10N2OS. The maximum absolute atomic E-state index is 11.1. The third-order valence-corrected chi connectivity index (χ3v) is 3.02. The second kappa shape index (κ2) is 1.75. The topological polar surface area (TPSA) is 32.3 Å². The minimum atomic E-state index is -0.255. The van der Waals surface area contributed by atoms with Crippen molar-refractivity contribution in [3.05, 3.63) is 0 Å². The lowest BCUT2D eigenvalue weighted by atomic mass is 10.0. The van der Waals surface area contributed by atoms with Gasteiger partial charge in [0.25, 0.3) is 0 Å². The number of hydrogen-bond donors (Lipinski definition) is 1. The first-order valence-electron chi connectivity index (χ1n) is 3.66. The summed E-state index contributed by atoms with van der Waals surface area (Å²) in [5.74, 6) is 0.201. The number of amides is 1. The third-order valence-electron chi connectivity index (χ3n) is 2.40. The Labute approximate surface area is 70.7 Å². The van der Waals surface area contributed by atoms with Gasteiger partial charge in [-0.15, -0.1) is 0 Å². The molecule has 4 heteroatoms. The summed E-state index contributed by atoms with van der Waals surface area (Å²) >= 11 is 5.10. The first-order chi connectivity index (χ1) is 5.03. The summed E-state index contributed by atoms with van der Waals surface area (Å²) in [4.78, 5) is 13.7. The van der Waals surface area contributed by atoms with Gasteiger partial charge in [0, 0.05) is 0 Å². The molecule has 2 saturated heterocycles. The number of hydrogen-bond acceptors (Lipinski definition) is 2. The first kappa shape index (κ1) is 7.03. The number of carbonyl (C=O) groups excluding carboxylic acids is 1. The molecule has 0 saturated carbocycles. The van der Waals surface area contributed by atoms with Crippen LogP contribution in [0.3, 0.4) is 0 Å². The summed E-state index contributed by atoms with van der Waals surface area (Å²) in [7, 11) is 0. The van der Waals surface area contributed by atoms with Gasteiger partial charge >= 0.3 is 0 Å². The van der Waals surface area contributed by atoms with Gasteiger partial charge in [-0.3, -0.25) is 4.79 Å². The highest BCUT2D eigenvalue weighted by Crippen LogP contribution is 2.33. The van der Waals surface area contributed by atoms with E-state index in [2.05, 4.69) is 5.32 Å². The van der Waals surface area contributed by atoms with Crippen LogP contribution >= 0.6 is 12.2 Å². The normalized spacial score (nSPS) is 32.9. The lowest BCUT2D eigenvalue weighted by Gasteiger charge is -2.40. The van der Waals surface area contributed by atoms with Gasteiger partial charge < -0.3 is 10.2 Å². The van der Waals surface area contributed by atoms with Crippen LogP contribution in [0.4, 0.5) is 0 Å². The van der Waals surface area contributed by atoms with E-state index < -0.39 is 0 Å². The van der Waals surface area contributed by atoms with Gasteiger partial charge in [-0.2, -0.15) is 0 Å². The SMILES string of the molecule is CC1(C)C(=S)NC2CC(=O)N21. The van der Waals surface area contributed by atoms with Gasteiger partial charge in [0.2, 0.25) is 5.91 Å². The molecule has 3 nitrogen and oxygen atoms in total. The van der Waals surface area contributed by atoms with Gasteiger partial charge in [-0.05, 0) is 13.8 Å². The molecule has 2 heterocycles. The van der Waals surface area contributed by atoms with Crippen molar-refractivity contribution in [2.45, 2.75) is 32.0 Å². The van der Waals surface area contributed by atoms with E-state index >= 15 is 0 Å². The molecule has 2 aliphatic heterocycles. The summed E-state index contributed by atoms with van der Waals surface area (Å²) in [5, 5.41) is 3.11. The van der Waals surface area contributed by atoms with Gasteiger partial charge in [0.05, 0.1) is 12.0 Å². The van der Waals surface area contributed by atoms with Gasteiger partial charge in [0.15, 0.2) is 0 Å². The number of β-lactam (4-membered cyclic amide) rings is 1. The molecule has 1 unspecified atom stereocenters. The van der Waals surface area contributed by atoms with Crippen LogP contribution in [0.1, 0.15) is 20.3 Å². The van der Waals surface area contributed by atoms with Crippen LogP contribution in [0.25, 0.3) is 0 Å². The van der Waals surface area contributed by atoms with Crippen molar-refractivity contribution in [1.29, 1.82) is 0 Å². The van der Waals surface area contributed by atoms with E-state index in [1.54, 1.807) is 0 Å². The number of nitrogens with one attached hydrogen (secondary N) is 1. The molecule has 2 fully saturated rings. The largest absolute Gasteiger partial charge is 0.357 e. The zero-order chi connectivity index (χ0) is 8.22. The molecule has 60 valence electrons. The molecule has 1 amide bonds. The lowest BCUT2D eigenvalue weighted by molar-refractivity contribution is -0.149. The van der Waals surface area contributed by atoms with Crippen molar-refractivity contribution in [2.75, 3.05) is 0 Å². The van der Waals surface area contributed by atoms with Crippen molar-refractivity contribution in [3.8, 4) is 0 Å². The van der Waals surface area contributed by atoms with Crippen molar-refractivity contribution in [2.24, 2.45) is 0 Å². The van der Waals surface area contributed by atoms with E-state index in [0.717, 1.165) is 4.99 Å². The third kappa shape index (κ3) is 0.677. The summed E-state index contributed by atoms with van der Waals surface area (Å²) in [6.45, 7) is 3.94. The van der Waals surface area contributed by atoms with Crippen molar-refractivity contribution < 1.29 is 4.79 Å². The molecule has 0 aliphatic carbocycles. The van der Waals surface area contributed by atoms with Crippen LogP contribution in [-0.4, -0.2) is 27.5 Å². The first-order valence-corrected chi connectivity index (χ1v) is 4.07. The Balaban J connectivity index is 2.33. The molecule has 11 heavy (non-hydrogen) atoms. The molecule has 2 aliphatic rings. The number of carbonyl (C=O) groups is 1. The Morgan fingerprint density at radius 3 is 2.73 bits per heavy atom. The molecule has 0 aromatic rings. The summed E-state index contributed by atoms with van der Waals surface area (Å²) in [6.07, 6.45) is 0.786. The zero-order valence-corrected chi connectivity index (χ0v) is 7.36. The minimum absolute atomic E-state index is 0.185. The minimum Gasteiger partial charge on any atom is -0.357 e. The fourth-order valence-corrected chi connectivity index (χ4v) is 1.91. The number of fused-ring (bicyclic) bond motifs is 1. The second-order valence-electron chi connectivity index (χ2n) is 3.52. The highest BCUT2D eigenvalue weighted by molar-refractivity contribution is 7.80. The van der Waals surface area contributed by atoms with Crippen LogP contribution in [0.2, 0.25) is 0 Å². The van der Waals surface area contributed by atoms with Gasteiger partial charge in [0.1, 0.15) is 11.2 Å². The van der Waals surface area contributed by atoms with E-state index in [-0.39, 0.29) is 17.6 Å². The molecule has 1 atom stereocenters. The Morgan fingerprint density at radius 1 is 1.73 bits per heavy atom. The molecule has 0 bridgehead atoms. The summed E-state index contributed by atoms with van der Waals surface area (Å²) < 4.78 is 0. The highest BCUT2D eigenvalue weighted by Gasteiger charge is 2.53. The van der Waals surface area contributed by atoms with E-state index in [9.17, 15) is 4.79 Å². The lowest BCUT2D eigenvalue weighted by Crippen LogP contribution is -2.58. The number of rotatable bonds is 0. The molecule has 0 aromatic carbocycles. The molecular weight excluding hydrogens is 160 g/mol. The average Bonchev–Trinajstić information content (AvgIpc) is 1.99. The van der Waals surface area contributed by atoms with Gasteiger partial charge in [-0.25, -0.2) is 0 Å². The quantitative estimate of drug-likeness (QED) is 0.418. The summed E-state index contributed by atoms with van der Waals surface area (Å²) in [6, 6.07) is 0. The van der Waals surface area contributed by atoms with Crippen molar-refractivity contribution in [1.82, 2.24) is 10.2 Å². The summed E-state index contributed by atoms with van der Waals surface area (Å²) in [5.41, 5.74) is -0.255. The average molecular weight is 170 g/mol. The van der Waals surface area contributed by atoms with Crippen molar-refractivity contribution in [3.63, 3.8) is 0 Å². The predicted molar refractivity (Wildman–Crippen MR) is 45.1 cm³/mol. The van der Waals surface area contributed by atoms with Crippen LogP contribution in [0.5, 0.6) is 0 Å². The maximum Gasteiger partial charge on any atom is 0.228 e. The predicted octanol–water partition coefficient (Wildman–Crippen LogP) is 0.254. The highest BCUT2D eigenvalue weighted by atomic mass is 32.1. The second-order valence-corrected chi connectivity index (χ2v) is 3.92. The van der Waals surface area contributed by atoms with E-state index in [1.807, 2.05) is 18.7 Å². The van der Waals surface area contributed by atoms with Crippen LogP contribution in [0.15, 0.2) is 0 Å². The Morgan fingerprint density at radius 2 is 2.36 bits per heavy atom. The van der Waals surface area contributed by atoms with Crippen molar-refractivity contribution >= 4 is 23.1 Å². The van der Waals surface area contributed by atoms with Crippen LogP contribution in [-0.2, 0) is 4.79 Å². The van der Waals surface area contributed by atoms with Crippen LogP contribution < -0.4 is 5.32 Å². The zero-order valence-electron chi connectivity index (χ0n) is 6.55. The smallest absolute Gasteiger partial charge is 0.228 e. The van der Waals surface area contributed by atoms with Gasteiger partial charge in [-0.1, -0.05) is 12.2 Å².